The lowest BCUT2D eigenvalue weighted by molar-refractivity contribution is -0.384. The number of amides is 1. The highest BCUT2D eigenvalue weighted by atomic mass is 16.6. The van der Waals surface area contributed by atoms with Gasteiger partial charge in [0.1, 0.15) is 0 Å². The van der Waals surface area contributed by atoms with Gasteiger partial charge in [-0.1, -0.05) is 29.8 Å². The zero-order valence-corrected chi connectivity index (χ0v) is 17.1. The summed E-state index contributed by atoms with van der Waals surface area (Å²) in [5.41, 5.74) is 3.98. The smallest absolute Gasteiger partial charge is 0.269 e. The fourth-order valence-corrected chi connectivity index (χ4v) is 3.61. The third-order valence-electron chi connectivity index (χ3n) is 5.30. The van der Waals surface area contributed by atoms with Gasteiger partial charge in [0.05, 0.1) is 4.92 Å². The topological polar surface area (TPSA) is 78.7 Å². The Labute approximate surface area is 171 Å². The molecule has 154 valence electrons. The molecule has 1 aliphatic heterocycles. The van der Waals surface area contributed by atoms with Crippen molar-refractivity contribution in [2.75, 3.05) is 38.0 Å². The highest BCUT2D eigenvalue weighted by Gasteiger charge is 2.18. The van der Waals surface area contributed by atoms with E-state index in [1.807, 2.05) is 0 Å². The Morgan fingerprint density at radius 2 is 1.79 bits per heavy atom. The maximum atomic E-state index is 12.3. The van der Waals surface area contributed by atoms with Crippen molar-refractivity contribution in [1.82, 2.24) is 9.80 Å². The molecule has 2 aromatic rings. The van der Waals surface area contributed by atoms with Crippen molar-refractivity contribution in [3.05, 3.63) is 69.3 Å². The van der Waals surface area contributed by atoms with Crippen LogP contribution in [-0.4, -0.2) is 53.4 Å². The molecule has 1 heterocycles. The Morgan fingerprint density at radius 1 is 1.07 bits per heavy atom. The number of benzene rings is 2. The van der Waals surface area contributed by atoms with Gasteiger partial charge >= 0.3 is 0 Å². The van der Waals surface area contributed by atoms with E-state index in [1.165, 1.54) is 23.3 Å². The van der Waals surface area contributed by atoms with E-state index < -0.39 is 4.92 Å². The summed E-state index contributed by atoms with van der Waals surface area (Å²) in [6.45, 7) is 9.46. The van der Waals surface area contributed by atoms with Crippen LogP contribution in [0.15, 0.2) is 42.5 Å². The standard InChI is InChI=1S/C22H28N4O3/c1-17-4-3-5-19(14-17)16-25-12-10-24(11-13-25)9-8-22(27)23-21-7-6-20(26(28)29)15-18(21)2/h3-7,14-15H,8-13,16H2,1-2H3,(H,23,27). The molecule has 0 bridgehead atoms. The van der Waals surface area contributed by atoms with Crippen LogP contribution in [0.5, 0.6) is 0 Å². The third-order valence-corrected chi connectivity index (χ3v) is 5.30. The van der Waals surface area contributed by atoms with E-state index >= 15 is 0 Å². The zero-order chi connectivity index (χ0) is 20.8. The molecule has 0 atom stereocenters. The molecule has 7 nitrogen and oxygen atoms in total. The molecule has 1 fully saturated rings. The van der Waals surface area contributed by atoms with Crippen LogP contribution < -0.4 is 5.32 Å². The van der Waals surface area contributed by atoms with Crippen LogP contribution in [0.4, 0.5) is 11.4 Å². The lowest BCUT2D eigenvalue weighted by Crippen LogP contribution is -2.46. The van der Waals surface area contributed by atoms with Gasteiger partial charge < -0.3 is 10.2 Å². The second-order valence-corrected chi connectivity index (χ2v) is 7.66. The Balaban J connectivity index is 1.41. The van der Waals surface area contributed by atoms with E-state index in [1.54, 1.807) is 13.0 Å². The maximum Gasteiger partial charge on any atom is 0.269 e. The Kier molecular flexibility index (Phi) is 6.95. The number of nitro groups is 1. The lowest BCUT2D eigenvalue weighted by atomic mass is 10.1. The predicted octanol–water partition coefficient (Wildman–Crippen LogP) is 3.36. The number of carbonyl (C=O) groups excluding carboxylic acids is 1. The summed E-state index contributed by atoms with van der Waals surface area (Å²) in [6, 6.07) is 13.1. The number of piperazine rings is 1. The van der Waals surface area contributed by atoms with Crippen molar-refractivity contribution in [2.45, 2.75) is 26.8 Å². The van der Waals surface area contributed by atoms with Gasteiger partial charge in [-0.05, 0) is 31.0 Å². The highest BCUT2D eigenvalue weighted by Crippen LogP contribution is 2.21. The number of anilines is 1. The first-order valence-electron chi connectivity index (χ1n) is 9.96. The van der Waals surface area contributed by atoms with Crippen molar-refractivity contribution in [3.8, 4) is 0 Å². The first-order valence-corrected chi connectivity index (χ1v) is 9.96. The van der Waals surface area contributed by atoms with Crippen LogP contribution in [0.2, 0.25) is 0 Å². The van der Waals surface area contributed by atoms with Crippen LogP contribution in [0.3, 0.4) is 0 Å². The Morgan fingerprint density at radius 3 is 2.45 bits per heavy atom. The minimum Gasteiger partial charge on any atom is -0.326 e. The van der Waals surface area contributed by atoms with Crippen molar-refractivity contribution < 1.29 is 9.72 Å². The van der Waals surface area contributed by atoms with Crippen molar-refractivity contribution in [2.24, 2.45) is 0 Å². The van der Waals surface area contributed by atoms with Crippen molar-refractivity contribution >= 4 is 17.3 Å². The van der Waals surface area contributed by atoms with Gasteiger partial charge in [-0.25, -0.2) is 0 Å². The average Bonchev–Trinajstić information content (AvgIpc) is 2.69. The van der Waals surface area contributed by atoms with Crippen molar-refractivity contribution in [1.29, 1.82) is 0 Å². The number of aryl methyl sites for hydroxylation is 2. The molecule has 2 aromatic carbocycles. The first-order chi connectivity index (χ1) is 13.9. The molecular weight excluding hydrogens is 368 g/mol. The largest absolute Gasteiger partial charge is 0.326 e. The quantitative estimate of drug-likeness (QED) is 0.573. The number of hydrogen-bond donors (Lipinski definition) is 1. The summed E-state index contributed by atoms with van der Waals surface area (Å²) in [5.74, 6) is -0.0656. The number of rotatable bonds is 7. The molecule has 0 spiro atoms. The SMILES string of the molecule is Cc1cccc(CN2CCN(CCC(=O)Nc3ccc([N+](=O)[O-])cc3C)CC2)c1. The monoisotopic (exact) mass is 396 g/mol. The average molecular weight is 396 g/mol. The minimum atomic E-state index is -0.433. The number of nitrogens with zero attached hydrogens (tertiary/aromatic N) is 3. The van der Waals surface area contributed by atoms with Crippen LogP contribution >= 0.6 is 0 Å². The molecule has 1 saturated heterocycles. The second-order valence-electron chi connectivity index (χ2n) is 7.66. The fourth-order valence-electron chi connectivity index (χ4n) is 3.61. The van der Waals surface area contributed by atoms with Gasteiger partial charge in [0.25, 0.3) is 5.69 Å². The summed E-state index contributed by atoms with van der Waals surface area (Å²) in [6.07, 6.45) is 0.411. The van der Waals surface area contributed by atoms with Crippen LogP contribution in [0.1, 0.15) is 23.1 Å². The molecule has 0 radical (unpaired) electrons. The summed E-state index contributed by atoms with van der Waals surface area (Å²) < 4.78 is 0. The van der Waals surface area contributed by atoms with E-state index in [0.29, 0.717) is 17.7 Å². The van der Waals surface area contributed by atoms with E-state index in [2.05, 4.69) is 46.3 Å². The third kappa shape index (κ3) is 6.10. The molecule has 7 heteroatoms. The molecule has 1 amide bonds. The summed E-state index contributed by atoms with van der Waals surface area (Å²) in [5, 5.41) is 13.7. The van der Waals surface area contributed by atoms with Crippen LogP contribution in [-0.2, 0) is 11.3 Å². The molecule has 0 saturated carbocycles. The van der Waals surface area contributed by atoms with E-state index in [9.17, 15) is 14.9 Å². The van der Waals surface area contributed by atoms with Crippen LogP contribution in [0, 0.1) is 24.0 Å². The molecule has 1 N–H and O–H groups in total. The predicted molar refractivity (Wildman–Crippen MR) is 114 cm³/mol. The Bertz CT molecular complexity index is 876. The van der Waals surface area contributed by atoms with E-state index in [4.69, 9.17) is 0 Å². The lowest BCUT2D eigenvalue weighted by Gasteiger charge is -2.34. The normalized spacial score (nSPS) is 15.2. The van der Waals surface area contributed by atoms with Gasteiger partial charge in [-0.2, -0.15) is 0 Å². The maximum absolute atomic E-state index is 12.3. The molecule has 0 aliphatic carbocycles. The molecule has 3 rings (SSSR count). The number of nitrogens with one attached hydrogen (secondary N) is 1. The van der Waals surface area contributed by atoms with Crippen molar-refractivity contribution in [3.63, 3.8) is 0 Å². The Hall–Kier alpha value is -2.77. The van der Waals surface area contributed by atoms with Crippen LogP contribution in [0.25, 0.3) is 0 Å². The number of non-ortho nitro benzene ring substituents is 1. The first kappa shape index (κ1) is 21.0. The number of nitro benzene ring substituents is 1. The van der Waals surface area contributed by atoms with E-state index in [-0.39, 0.29) is 11.6 Å². The van der Waals surface area contributed by atoms with Gasteiger partial charge in [-0.15, -0.1) is 0 Å². The fraction of sp³-hybridized carbons (Fsp3) is 0.409. The zero-order valence-electron chi connectivity index (χ0n) is 17.1. The highest BCUT2D eigenvalue weighted by molar-refractivity contribution is 5.91. The summed E-state index contributed by atoms with van der Waals surface area (Å²) in [4.78, 5) is 27.4. The molecule has 1 aliphatic rings. The molecule has 0 aromatic heterocycles. The van der Waals surface area contributed by atoms with E-state index in [0.717, 1.165) is 39.3 Å². The molecule has 0 unspecified atom stereocenters. The van der Waals surface area contributed by atoms with Gasteiger partial charge in [0.2, 0.25) is 5.91 Å². The van der Waals surface area contributed by atoms with Gasteiger partial charge in [-0.3, -0.25) is 19.8 Å². The number of carbonyl (C=O) groups is 1. The molecular formula is C22H28N4O3. The molecule has 29 heavy (non-hydrogen) atoms. The van der Waals surface area contributed by atoms with Gasteiger partial charge in [0.15, 0.2) is 0 Å². The summed E-state index contributed by atoms with van der Waals surface area (Å²) in [7, 11) is 0. The summed E-state index contributed by atoms with van der Waals surface area (Å²) >= 11 is 0. The van der Waals surface area contributed by atoms with Gasteiger partial charge in [0, 0.05) is 63.5 Å². The minimum absolute atomic E-state index is 0.0315. The number of hydrogen-bond acceptors (Lipinski definition) is 5. The second kappa shape index (κ2) is 9.62.